The van der Waals surface area contributed by atoms with Gasteiger partial charge in [-0.2, -0.15) is 0 Å². The van der Waals surface area contributed by atoms with Crippen molar-refractivity contribution in [1.82, 2.24) is 5.32 Å². The molecule has 1 aromatic rings. The van der Waals surface area contributed by atoms with Gasteiger partial charge in [-0.1, -0.05) is 11.6 Å². The van der Waals surface area contributed by atoms with E-state index in [4.69, 9.17) is 16.7 Å². The van der Waals surface area contributed by atoms with Gasteiger partial charge in [-0.15, -0.1) is 11.3 Å². The second kappa shape index (κ2) is 5.54. The Morgan fingerprint density at radius 1 is 1.50 bits per heavy atom. The van der Waals surface area contributed by atoms with Crippen LogP contribution in [0.15, 0.2) is 18.2 Å². The molecule has 2 rings (SSSR count). The zero-order valence-electron chi connectivity index (χ0n) is 9.43. The van der Waals surface area contributed by atoms with Crippen LogP contribution in [0.2, 0.25) is 4.34 Å². The van der Waals surface area contributed by atoms with Crippen molar-refractivity contribution in [2.24, 2.45) is 5.92 Å². The maximum absolute atomic E-state index is 11.6. The van der Waals surface area contributed by atoms with Crippen molar-refractivity contribution in [1.29, 1.82) is 0 Å². The molecule has 6 heteroatoms. The van der Waals surface area contributed by atoms with E-state index in [1.54, 1.807) is 18.2 Å². The highest BCUT2D eigenvalue weighted by atomic mass is 35.5. The number of thiophene rings is 1. The first-order valence-electron chi connectivity index (χ1n) is 5.53. The lowest BCUT2D eigenvalue weighted by atomic mass is 10.2. The summed E-state index contributed by atoms with van der Waals surface area (Å²) in [5.41, 5.74) is 0. The molecule has 0 radical (unpaired) electrons. The second-order valence-corrected chi connectivity index (χ2v) is 5.88. The molecule has 4 nitrogen and oxygen atoms in total. The van der Waals surface area contributed by atoms with Crippen molar-refractivity contribution in [3.05, 3.63) is 27.4 Å². The van der Waals surface area contributed by atoms with Crippen LogP contribution in [0, 0.1) is 5.92 Å². The van der Waals surface area contributed by atoms with Crippen molar-refractivity contribution in [3.8, 4) is 0 Å². The van der Waals surface area contributed by atoms with E-state index in [1.165, 1.54) is 17.4 Å². The van der Waals surface area contributed by atoms with E-state index in [2.05, 4.69) is 5.32 Å². The molecule has 0 bridgehead atoms. The lowest BCUT2D eigenvalue weighted by molar-refractivity contribution is -0.141. The summed E-state index contributed by atoms with van der Waals surface area (Å²) in [5.74, 6) is -1.28. The van der Waals surface area contributed by atoms with E-state index in [0.717, 1.165) is 17.7 Å². The highest BCUT2D eigenvalue weighted by molar-refractivity contribution is 7.17. The van der Waals surface area contributed by atoms with Gasteiger partial charge >= 0.3 is 5.97 Å². The first kappa shape index (κ1) is 13.1. The van der Waals surface area contributed by atoms with Gasteiger partial charge in [-0.3, -0.25) is 4.79 Å². The lowest BCUT2D eigenvalue weighted by Gasteiger charge is -2.11. The normalized spacial score (nSPS) is 16.7. The molecule has 0 aromatic carbocycles. The lowest BCUT2D eigenvalue weighted by Crippen LogP contribution is -2.41. The van der Waals surface area contributed by atoms with Crippen LogP contribution in [0.3, 0.4) is 0 Å². The highest BCUT2D eigenvalue weighted by Gasteiger charge is 2.36. The van der Waals surface area contributed by atoms with Crippen LogP contribution in [0.25, 0.3) is 6.08 Å². The minimum absolute atomic E-state index is 0.0797. The predicted octanol–water partition coefficient (Wildman–Crippen LogP) is 2.39. The molecule has 1 unspecified atom stereocenters. The number of nitrogens with one attached hydrogen (secondary N) is 1. The van der Waals surface area contributed by atoms with Gasteiger partial charge < -0.3 is 10.4 Å². The summed E-state index contributed by atoms with van der Waals surface area (Å²) in [7, 11) is 0. The van der Waals surface area contributed by atoms with Gasteiger partial charge in [0.15, 0.2) is 0 Å². The number of carbonyl (C=O) groups excluding carboxylic acids is 1. The number of amides is 1. The molecule has 1 aliphatic rings. The van der Waals surface area contributed by atoms with E-state index in [9.17, 15) is 9.59 Å². The van der Waals surface area contributed by atoms with Crippen molar-refractivity contribution in [3.63, 3.8) is 0 Å². The molecule has 1 aliphatic carbocycles. The summed E-state index contributed by atoms with van der Waals surface area (Å²) in [5, 5.41) is 11.5. The molecule has 1 atom stereocenters. The van der Waals surface area contributed by atoms with Gasteiger partial charge in [0.1, 0.15) is 6.04 Å². The molecule has 96 valence electrons. The fourth-order valence-electron chi connectivity index (χ4n) is 1.59. The Morgan fingerprint density at radius 2 is 2.22 bits per heavy atom. The van der Waals surface area contributed by atoms with Crippen LogP contribution in [0.5, 0.6) is 0 Å². The Kier molecular flexibility index (Phi) is 4.04. The number of halogens is 1. The highest BCUT2D eigenvalue weighted by Crippen LogP contribution is 2.32. The number of aliphatic carboxylic acids is 1. The number of carboxylic acid groups (broad SMARTS) is 1. The average Bonchev–Trinajstić information content (AvgIpc) is 3.06. The van der Waals surface area contributed by atoms with Crippen LogP contribution >= 0.6 is 22.9 Å². The second-order valence-electron chi connectivity index (χ2n) is 4.14. The van der Waals surface area contributed by atoms with Crippen molar-refractivity contribution >= 4 is 40.9 Å². The SMILES string of the molecule is O=C(C=Cc1ccc(Cl)s1)NC(C(=O)O)C1CC1. The first-order chi connectivity index (χ1) is 8.56. The van der Waals surface area contributed by atoms with Crippen LogP contribution in [-0.4, -0.2) is 23.0 Å². The van der Waals surface area contributed by atoms with E-state index >= 15 is 0 Å². The van der Waals surface area contributed by atoms with Gasteiger partial charge in [-0.25, -0.2) is 4.79 Å². The molecule has 0 spiro atoms. The van der Waals surface area contributed by atoms with Gasteiger partial charge in [0.25, 0.3) is 0 Å². The molecule has 2 N–H and O–H groups in total. The Morgan fingerprint density at radius 3 is 2.72 bits per heavy atom. The monoisotopic (exact) mass is 285 g/mol. The van der Waals surface area contributed by atoms with E-state index < -0.39 is 12.0 Å². The average molecular weight is 286 g/mol. The molecular formula is C12H12ClNO3S. The van der Waals surface area contributed by atoms with E-state index in [0.29, 0.717) is 4.34 Å². The summed E-state index contributed by atoms with van der Waals surface area (Å²) in [4.78, 5) is 23.4. The van der Waals surface area contributed by atoms with Crippen LogP contribution in [0.1, 0.15) is 17.7 Å². The molecule has 18 heavy (non-hydrogen) atoms. The molecule has 1 heterocycles. The number of rotatable bonds is 5. The van der Waals surface area contributed by atoms with Gasteiger partial charge in [0.2, 0.25) is 5.91 Å². The molecular weight excluding hydrogens is 274 g/mol. The molecule has 0 saturated heterocycles. The third-order valence-electron chi connectivity index (χ3n) is 2.65. The molecule has 1 aromatic heterocycles. The summed E-state index contributed by atoms with van der Waals surface area (Å²) in [6.07, 6.45) is 4.68. The van der Waals surface area contributed by atoms with Crippen molar-refractivity contribution < 1.29 is 14.7 Å². The van der Waals surface area contributed by atoms with Gasteiger partial charge in [0, 0.05) is 11.0 Å². The molecule has 0 aliphatic heterocycles. The van der Waals surface area contributed by atoms with E-state index in [1.807, 2.05) is 0 Å². The Hall–Kier alpha value is -1.33. The smallest absolute Gasteiger partial charge is 0.326 e. The third kappa shape index (κ3) is 3.58. The van der Waals surface area contributed by atoms with Crippen LogP contribution in [0.4, 0.5) is 0 Å². The summed E-state index contributed by atoms with van der Waals surface area (Å²) in [6.45, 7) is 0. The largest absolute Gasteiger partial charge is 0.480 e. The molecule has 1 saturated carbocycles. The third-order valence-corrected chi connectivity index (χ3v) is 3.85. The van der Waals surface area contributed by atoms with Gasteiger partial charge in [-0.05, 0) is 37.0 Å². The fourth-order valence-corrected chi connectivity index (χ4v) is 2.55. The number of hydrogen-bond donors (Lipinski definition) is 2. The Labute approximate surface area is 113 Å². The van der Waals surface area contributed by atoms with Crippen molar-refractivity contribution in [2.75, 3.05) is 0 Å². The zero-order valence-corrected chi connectivity index (χ0v) is 11.0. The fraction of sp³-hybridized carbons (Fsp3) is 0.333. The summed E-state index contributed by atoms with van der Waals surface area (Å²) < 4.78 is 0.649. The first-order valence-corrected chi connectivity index (χ1v) is 6.72. The van der Waals surface area contributed by atoms with E-state index in [-0.39, 0.29) is 11.8 Å². The molecule has 1 fully saturated rings. The van der Waals surface area contributed by atoms with Crippen molar-refractivity contribution in [2.45, 2.75) is 18.9 Å². The quantitative estimate of drug-likeness (QED) is 0.817. The van der Waals surface area contributed by atoms with Crippen LogP contribution < -0.4 is 5.32 Å². The Balaban J connectivity index is 1.91. The Bertz CT molecular complexity index is 493. The maximum Gasteiger partial charge on any atom is 0.326 e. The summed E-state index contributed by atoms with van der Waals surface area (Å²) in [6, 6.07) is 2.77. The zero-order chi connectivity index (χ0) is 13.1. The van der Waals surface area contributed by atoms with Crippen LogP contribution in [-0.2, 0) is 9.59 Å². The number of hydrogen-bond acceptors (Lipinski definition) is 3. The number of carbonyl (C=O) groups is 2. The number of carboxylic acids is 1. The minimum atomic E-state index is -0.974. The standard InChI is InChI=1S/C12H12ClNO3S/c13-9-5-3-8(18-9)4-6-10(15)14-11(12(16)17)7-1-2-7/h3-7,11H,1-2H2,(H,14,15)(H,16,17). The van der Waals surface area contributed by atoms with Gasteiger partial charge in [0.05, 0.1) is 4.34 Å². The maximum atomic E-state index is 11.6. The minimum Gasteiger partial charge on any atom is -0.480 e. The molecule has 1 amide bonds. The summed E-state index contributed by atoms with van der Waals surface area (Å²) >= 11 is 7.11. The predicted molar refractivity (Wildman–Crippen MR) is 70.7 cm³/mol. The topological polar surface area (TPSA) is 66.4 Å².